The van der Waals surface area contributed by atoms with E-state index in [4.69, 9.17) is 0 Å². The molecule has 1 aliphatic rings. The number of thiophene rings is 1. The van der Waals surface area contributed by atoms with Crippen molar-refractivity contribution in [3.63, 3.8) is 0 Å². The molecule has 4 nitrogen and oxygen atoms in total. The van der Waals surface area contributed by atoms with Crippen molar-refractivity contribution in [3.8, 4) is 0 Å². The van der Waals surface area contributed by atoms with E-state index >= 15 is 0 Å². The molecule has 0 bridgehead atoms. The summed E-state index contributed by atoms with van der Waals surface area (Å²) >= 11 is 1.65. The number of hydrogen-bond acceptors (Lipinski definition) is 4. The van der Waals surface area contributed by atoms with Gasteiger partial charge in [-0.15, -0.1) is 11.3 Å². The summed E-state index contributed by atoms with van der Waals surface area (Å²) in [5, 5.41) is 5.15. The third kappa shape index (κ3) is 3.87. The van der Waals surface area contributed by atoms with Crippen molar-refractivity contribution in [1.29, 1.82) is 0 Å². The predicted octanol–water partition coefficient (Wildman–Crippen LogP) is 3.81. The van der Waals surface area contributed by atoms with E-state index in [1.807, 2.05) is 11.4 Å². The highest BCUT2D eigenvalue weighted by atomic mass is 32.2. The standard InChI is InChI=1S/C18H21NO3S2/c1-24(21,22)15-9-4-8-14(12-15)18(20)19-17(13-6-2-3-7-13)16-10-5-11-23-16/h4-5,8-13,17H,2-3,6-7H2,1H3,(H,19,20). The fourth-order valence-electron chi connectivity index (χ4n) is 3.27. The molecule has 1 saturated carbocycles. The van der Waals surface area contributed by atoms with Gasteiger partial charge in [-0.2, -0.15) is 0 Å². The van der Waals surface area contributed by atoms with Crippen molar-refractivity contribution in [2.24, 2.45) is 5.92 Å². The van der Waals surface area contributed by atoms with Gasteiger partial charge in [0.15, 0.2) is 9.84 Å². The number of sulfone groups is 1. The second-order valence-corrected chi connectivity index (χ2v) is 9.31. The Hall–Kier alpha value is -1.66. The summed E-state index contributed by atoms with van der Waals surface area (Å²) in [6, 6.07) is 10.3. The number of carbonyl (C=O) groups excluding carboxylic acids is 1. The van der Waals surface area contributed by atoms with Gasteiger partial charge >= 0.3 is 0 Å². The maximum Gasteiger partial charge on any atom is 0.251 e. The van der Waals surface area contributed by atoms with Crippen LogP contribution in [0.4, 0.5) is 0 Å². The van der Waals surface area contributed by atoms with E-state index in [1.165, 1.54) is 25.0 Å². The molecule has 1 atom stereocenters. The maximum atomic E-state index is 12.7. The van der Waals surface area contributed by atoms with Gasteiger partial charge in [-0.05, 0) is 48.4 Å². The Morgan fingerprint density at radius 2 is 1.96 bits per heavy atom. The molecule has 1 unspecified atom stereocenters. The average Bonchev–Trinajstić information content (AvgIpc) is 3.25. The van der Waals surface area contributed by atoms with E-state index in [1.54, 1.807) is 23.5 Å². The molecule has 0 aliphatic heterocycles. The zero-order valence-corrected chi connectivity index (χ0v) is 15.2. The molecular formula is C18H21NO3S2. The topological polar surface area (TPSA) is 63.2 Å². The molecule has 24 heavy (non-hydrogen) atoms. The molecule has 2 aromatic rings. The van der Waals surface area contributed by atoms with Gasteiger partial charge in [0.1, 0.15) is 0 Å². The van der Waals surface area contributed by atoms with E-state index in [0.29, 0.717) is 11.5 Å². The Bertz CT molecular complexity index is 807. The Morgan fingerprint density at radius 3 is 2.58 bits per heavy atom. The first kappa shape index (κ1) is 17.2. The number of benzene rings is 1. The van der Waals surface area contributed by atoms with Gasteiger partial charge in [-0.3, -0.25) is 4.79 Å². The fourth-order valence-corrected chi connectivity index (χ4v) is 4.81. The zero-order valence-electron chi connectivity index (χ0n) is 13.6. The molecule has 1 aliphatic carbocycles. The zero-order chi connectivity index (χ0) is 17.2. The van der Waals surface area contributed by atoms with Crippen molar-refractivity contribution in [3.05, 3.63) is 52.2 Å². The average molecular weight is 364 g/mol. The monoisotopic (exact) mass is 363 g/mol. The van der Waals surface area contributed by atoms with E-state index in [0.717, 1.165) is 24.0 Å². The SMILES string of the molecule is CS(=O)(=O)c1cccc(C(=O)NC(c2cccs2)C2CCCC2)c1. The Labute approximate surface area is 146 Å². The highest BCUT2D eigenvalue weighted by Crippen LogP contribution is 2.37. The summed E-state index contributed by atoms with van der Waals surface area (Å²) < 4.78 is 23.4. The third-order valence-corrected chi connectivity index (χ3v) is 6.60. The Kier molecular flexibility index (Phi) is 5.06. The summed E-state index contributed by atoms with van der Waals surface area (Å²) in [7, 11) is -3.32. The van der Waals surface area contributed by atoms with Crippen LogP contribution < -0.4 is 5.32 Å². The Morgan fingerprint density at radius 1 is 1.21 bits per heavy atom. The van der Waals surface area contributed by atoms with Crippen LogP contribution in [-0.4, -0.2) is 20.6 Å². The van der Waals surface area contributed by atoms with Gasteiger partial charge in [0, 0.05) is 16.7 Å². The molecule has 1 N–H and O–H groups in total. The second-order valence-electron chi connectivity index (χ2n) is 6.31. The van der Waals surface area contributed by atoms with Gasteiger partial charge in [-0.25, -0.2) is 8.42 Å². The van der Waals surface area contributed by atoms with Crippen molar-refractivity contribution in [2.75, 3.05) is 6.26 Å². The largest absolute Gasteiger partial charge is 0.344 e. The van der Waals surface area contributed by atoms with Crippen LogP contribution in [-0.2, 0) is 9.84 Å². The molecule has 0 saturated heterocycles. The van der Waals surface area contributed by atoms with Gasteiger partial charge in [-0.1, -0.05) is 25.0 Å². The van der Waals surface area contributed by atoms with Crippen LogP contribution in [0.2, 0.25) is 0 Å². The van der Waals surface area contributed by atoms with E-state index in [-0.39, 0.29) is 16.8 Å². The molecule has 6 heteroatoms. The quantitative estimate of drug-likeness (QED) is 0.878. The van der Waals surface area contributed by atoms with Gasteiger partial charge in [0.25, 0.3) is 5.91 Å². The van der Waals surface area contributed by atoms with Gasteiger partial charge < -0.3 is 5.32 Å². The lowest BCUT2D eigenvalue weighted by atomic mass is 9.96. The first-order valence-corrected chi connectivity index (χ1v) is 10.9. The van der Waals surface area contributed by atoms with Crippen LogP contribution in [0.3, 0.4) is 0 Å². The molecule has 1 amide bonds. The molecule has 0 spiro atoms. The lowest BCUT2D eigenvalue weighted by Gasteiger charge is -2.24. The molecule has 128 valence electrons. The van der Waals surface area contributed by atoms with Crippen LogP contribution in [0.5, 0.6) is 0 Å². The van der Waals surface area contributed by atoms with Crippen molar-refractivity contribution in [1.82, 2.24) is 5.32 Å². The summed E-state index contributed by atoms with van der Waals surface area (Å²) in [6.45, 7) is 0. The number of carbonyl (C=O) groups is 1. The molecule has 1 aromatic carbocycles. The van der Waals surface area contributed by atoms with E-state index in [9.17, 15) is 13.2 Å². The Balaban J connectivity index is 1.83. The van der Waals surface area contributed by atoms with Crippen LogP contribution in [0.1, 0.15) is 47.0 Å². The minimum Gasteiger partial charge on any atom is -0.344 e. The normalized spacial score (nSPS) is 16.9. The first-order chi connectivity index (χ1) is 11.4. The maximum absolute atomic E-state index is 12.7. The number of amides is 1. The highest BCUT2D eigenvalue weighted by Gasteiger charge is 2.28. The number of hydrogen-bond donors (Lipinski definition) is 1. The first-order valence-electron chi connectivity index (χ1n) is 8.09. The van der Waals surface area contributed by atoms with Gasteiger partial charge in [0.2, 0.25) is 0 Å². The van der Waals surface area contributed by atoms with Crippen molar-refractivity contribution in [2.45, 2.75) is 36.6 Å². The van der Waals surface area contributed by atoms with Crippen molar-refractivity contribution >= 4 is 27.1 Å². The minimum absolute atomic E-state index is 0.00175. The highest BCUT2D eigenvalue weighted by molar-refractivity contribution is 7.90. The minimum atomic E-state index is -3.32. The molecule has 3 rings (SSSR count). The third-order valence-electron chi connectivity index (χ3n) is 4.53. The molecular weight excluding hydrogens is 342 g/mol. The molecule has 1 fully saturated rings. The van der Waals surface area contributed by atoms with Crippen LogP contribution in [0, 0.1) is 5.92 Å². The second kappa shape index (κ2) is 7.07. The molecule has 0 radical (unpaired) electrons. The fraction of sp³-hybridized carbons (Fsp3) is 0.389. The summed E-state index contributed by atoms with van der Waals surface area (Å²) in [6.07, 6.45) is 5.79. The lowest BCUT2D eigenvalue weighted by Crippen LogP contribution is -2.32. The smallest absolute Gasteiger partial charge is 0.251 e. The van der Waals surface area contributed by atoms with E-state index < -0.39 is 9.84 Å². The summed E-state index contributed by atoms with van der Waals surface area (Å²) in [5.41, 5.74) is 0.387. The van der Waals surface area contributed by atoms with Crippen LogP contribution >= 0.6 is 11.3 Å². The molecule has 1 heterocycles. The van der Waals surface area contributed by atoms with E-state index in [2.05, 4.69) is 11.4 Å². The number of rotatable bonds is 5. The molecule has 1 aromatic heterocycles. The summed E-state index contributed by atoms with van der Waals surface area (Å²) in [5.74, 6) is 0.233. The van der Waals surface area contributed by atoms with Crippen LogP contribution in [0.15, 0.2) is 46.7 Å². The van der Waals surface area contributed by atoms with Crippen molar-refractivity contribution < 1.29 is 13.2 Å². The number of nitrogens with one attached hydrogen (secondary N) is 1. The summed E-state index contributed by atoms with van der Waals surface area (Å²) in [4.78, 5) is 14.0. The predicted molar refractivity (Wildman–Crippen MR) is 96.0 cm³/mol. The van der Waals surface area contributed by atoms with Gasteiger partial charge in [0.05, 0.1) is 10.9 Å². The van der Waals surface area contributed by atoms with Crippen LogP contribution in [0.25, 0.3) is 0 Å². The lowest BCUT2D eigenvalue weighted by molar-refractivity contribution is 0.0922.